The molecule has 4 rings (SSSR count). The minimum absolute atomic E-state index is 0.0150. The molecule has 3 N–H and O–H groups in total. The van der Waals surface area contributed by atoms with Crippen molar-refractivity contribution in [3.05, 3.63) is 71.2 Å². The lowest BCUT2D eigenvalue weighted by molar-refractivity contribution is 0.102. The molecule has 0 saturated heterocycles. The average Bonchev–Trinajstić information content (AvgIpc) is 2.86. The van der Waals surface area contributed by atoms with Gasteiger partial charge in [-0.05, 0) is 84.3 Å². The molecule has 1 aliphatic rings. The number of halogens is 2. The molecule has 37 heavy (non-hydrogen) atoms. The van der Waals surface area contributed by atoms with Crippen LogP contribution in [0.1, 0.15) is 61.1 Å². The first-order valence-corrected chi connectivity index (χ1v) is 13.1. The standard InChI is InChI=1S/C28H33F2N4O2P/c1-4-36-14-17-10-21(30)26(25(37)11-17)27-20(29)5-6-23(33-27)28(35)34-24-13-32-8-7-19(24)18-9-15(2)16(3)22(31)12-18/h5-8,10-11,13,15-16,18,22H,4,9,12,14,31,37H2,1-3H3,(H,34,35)/t15-,16-,18+,22+/m0/s1. The van der Waals surface area contributed by atoms with Gasteiger partial charge in [0.05, 0.1) is 18.5 Å². The van der Waals surface area contributed by atoms with Gasteiger partial charge in [0.15, 0.2) is 0 Å². The fraction of sp³-hybridized carbons (Fsp3) is 0.393. The predicted molar refractivity (Wildman–Crippen MR) is 145 cm³/mol. The summed E-state index contributed by atoms with van der Waals surface area (Å²) in [4.78, 5) is 21.6. The zero-order valence-corrected chi connectivity index (χ0v) is 22.5. The first kappa shape index (κ1) is 27.2. The molecule has 2 aromatic heterocycles. The topological polar surface area (TPSA) is 90.1 Å². The average molecular weight is 527 g/mol. The van der Waals surface area contributed by atoms with Crippen molar-refractivity contribution in [3.63, 3.8) is 0 Å². The monoisotopic (exact) mass is 526 g/mol. The van der Waals surface area contributed by atoms with E-state index >= 15 is 4.39 Å². The van der Waals surface area contributed by atoms with Gasteiger partial charge in [-0.15, -0.1) is 9.24 Å². The summed E-state index contributed by atoms with van der Waals surface area (Å²) < 4.78 is 35.2. The fourth-order valence-electron chi connectivity index (χ4n) is 5.01. The van der Waals surface area contributed by atoms with E-state index in [9.17, 15) is 9.18 Å². The van der Waals surface area contributed by atoms with Crippen molar-refractivity contribution in [1.29, 1.82) is 0 Å². The van der Waals surface area contributed by atoms with Crippen LogP contribution in [0.15, 0.2) is 42.7 Å². The van der Waals surface area contributed by atoms with Crippen LogP contribution in [0, 0.1) is 23.5 Å². The van der Waals surface area contributed by atoms with Gasteiger partial charge >= 0.3 is 0 Å². The summed E-state index contributed by atoms with van der Waals surface area (Å²) in [7, 11) is 2.41. The van der Waals surface area contributed by atoms with Crippen molar-refractivity contribution in [2.45, 2.75) is 52.2 Å². The molecular weight excluding hydrogens is 493 g/mol. The van der Waals surface area contributed by atoms with Gasteiger partial charge in [-0.25, -0.2) is 13.8 Å². The Morgan fingerprint density at radius 3 is 2.68 bits per heavy atom. The van der Waals surface area contributed by atoms with Crippen LogP contribution in [-0.4, -0.2) is 28.5 Å². The Hall–Kier alpha value is -2.80. The van der Waals surface area contributed by atoms with E-state index in [1.807, 2.05) is 13.0 Å². The van der Waals surface area contributed by atoms with Crippen molar-refractivity contribution in [2.75, 3.05) is 11.9 Å². The van der Waals surface area contributed by atoms with Gasteiger partial charge in [0.2, 0.25) is 0 Å². The Morgan fingerprint density at radius 2 is 1.97 bits per heavy atom. The van der Waals surface area contributed by atoms with Gasteiger partial charge in [0.25, 0.3) is 5.91 Å². The number of pyridine rings is 2. The minimum Gasteiger partial charge on any atom is -0.377 e. The number of nitrogens with zero attached hydrogens (tertiary/aromatic N) is 2. The Kier molecular flexibility index (Phi) is 8.63. The van der Waals surface area contributed by atoms with Crippen LogP contribution in [0.3, 0.4) is 0 Å². The van der Waals surface area contributed by atoms with Crippen LogP contribution in [0.2, 0.25) is 0 Å². The van der Waals surface area contributed by atoms with E-state index in [2.05, 4.69) is 38.4 Å². The van der Waals surface area contributed by atoms with Crippen LogP contribution < -0.4 is 16.4 Å². The number of hydrogen-bond acceptors (Lipinski definition) is 5. The summed E-state index contributed by atoms with van der Waals surface area (Å²) in [6.07, 6.45) is 5.07. The van der Waals surface area contributed by atoms with Crippen LogP contribution in [0.4, 0.5) is 14.5 Å². The lowest BCUT2D eigenvalue weighted by Gasteiger charge is -2.37. The molecular formula is C28H33F2N4O2P. The van der Waals surface area contributed by atoms with Crippen LogP contribution >= 0.6 is 9.24 Å². The van der Waals surface area contributed by atoms with E-state index in [1.54, 1.807) is 18.5 Å². The van der Waals surface area contributed by atoms with Gasteiger partial charge in [-0.3, -0.25) is 9.78 Å². The molecule has 2 heterocycles. The molecule has 1 aliphatic carbocycles. The van der Waals surface area contributed by atoms with E-state index in [4.69, 9.17) is 10.5 Å². The highest BCUT2D eigenvalue weighted by Gasteiger charge is 2.32. The first-order chi connectivity index (χ1) is 17.7. The van der Waals surface area contributed by atoms with Gasteiger partial charge in [-0.1, -0.05) is 13.8 Å². The minimum atomic E-state index is -0.724. The van der Waals surface area contributed by atoms with Crippen molar-refractivity contribution in [1.82, 2.24) is 9.97 Å². The molecule has 6 nitrogen and oxygen atoms in total. The lowest BCUT2D eigenvalue weighted by Crippen LogP contribution is -2.39. The summed E-state index contributed by atoms with van der Waals surface area (Å²) in [6, 6.07) is 7.38. The molecule has 3 aromatic rings. The van der Waals surface area contributed by atoms with E-state index in [0.29, 0.717) is 35.0 Å². The number of aromatic nitrogens is 2. The van der Waals surface area contributed by atoms with Gasteiger partial charge in [-0.2, -0.15) is 0 Å². The first-order valence-electron chi connectivity index (χ1n) is 12.5. The van der Waals surface area contributed by atoms with Crippen molar-refractivity contribution < 1.29 is 18.3 Å². The normalized spacial score (nSPS) is 21.6. The molecule has 1 aromatic carbocycles. The number of carbonyl (C=O) groups is 1. The van der Waals surface area contributed by atoms with E-state index in [-0.39, 0.29) is 35.5 Å². The molecule has 0 bridgehead atoms. The highest BCUT2D eigenvalue weighted by molar-refractivity contribution is 7.28. The Bertz CT molecular complexity index is 1250. The molecule has 1 amide bonds. The summed E-state index contributed by atoms with van der Waals surface area (Å²) >= 11 is 0. The molecule has 1 fully saturated rings. The number of nitrogens with one attached hydrogen (secondary N) is 1. The summed E-state index contributed by atoms with van der Waals surface area (Å²) in [5.41, 5.74) is 8.27. The molecule has 5 atom stereocenters. The quantitative estimate of drug-likeness (QED) is 0.414. The Labute approximate surface area is 218 Å². The second-order valence-electron chi connectivity index (χ2n) is 9.79. The van der Waals surface area contributed by atoms with Crippen molar-refractivity contribution in [2.24, 2.45) is 17.6 Å². The number of rotatable bonds is 7. The highest BCUT2D eigenvalue weighted by atomic mass is 31.0. The molecule has 9 heteroatoms. The second-order valence-corrected chi connectivity index (χ2v) is 10.4. The van der Waals surface area contributed by atoms with Crippen LogP contribution in [0.5, 0.6) is 0 Å². The molecule has 0 aliphatic heterocycles. The van der Waals surface area contributed by atoms with Gasteiger partial charge in [0.1, 0.15) is 23.0 Å². The highest BCUT2D eigenvalue weighted by Crippen LogP contribution is 2.41. The Morgan fingerprint density at radius 1 is 1.19 bits per heavy atom. The molecule has 1 saturated carbocycles. The summed E-state index contributed by atoms with van der Waals surface area (Å²) in [5, 5.41) is 3.30. The molecule has 0 radical (unpaired) electrons. The number of anilines is 1. The van der Waals surface area contributed by atoms with Crippen molar-refractivity contribution in [3.8, 4) is 11.3 Å². The lowest BCUT2D eigenvalue weighted by atomic mass is 9.71. The number of ether oxygens (including phenoxy) is 1. The van der Waals surface area contributed by atoms with Gasteiger partial charge in [0, 0.05) is 24.4 Å². The third kappa shape index (κ3) is 6.03. The SMILES string of the molecule is CCOCc1cc(F)c(-c2nc(C(=O)Nc3cnccc3[C@H]3C[C@@H](N)[C@@H](C)[C@@H](C)C3)ccc2F)c(P)c1. The number of carbonyl (C=O) groups excluding carboxylic acids is 1. The zero-order chi connectivity index (χ0) is 26.7. The third-order valence-corrected chi connectivity index (χ3v) is 7.75. The maximum Gasteiger partial charge on any atom is 0.274 e. The Balaban J connectivity index is 1.61. The predicted octanol–water partition coefficient (Wildman–Crippen LogP) is 5.19. The second kappa shape index (κ2) is 11.7. The van der Waals surface area contributed by atoms with E-state index < -0.39 is 17.5 Å². The maximum atomic E-state index is 15.0. The number of amides is 1. The van der Waals surface area contributed by atoms with Crippen LogP contribution in [0.25, 0.3) is 11.3 Å². The number of nitrogens with two attached hydrogens (primary N) is 1. The molecule has 0 spiro atoms. The van der Waals surface area contributed by atoms with Crippen molar-refractivity contribution >= 4 is 26.1 Å². The van der Waals surface area contributed by atoms with Gasteiger partial charge < -0.3 is 15.8 Å². The van der Waals surface area contributed by atoms with E-state index in [0.717, 1.165) is 24.5 Å². The van der Waals surface area contributed by atoms with E-state index in [1.165, 1.54) is 12.1 Å². The zero-order valence-electron chi connectivity index (χ0n) is 21.3. The molecule has 1 unspecified atom stereocenters. The summed E-state index contributed by atoms with van der Waals surface area (Å²) in [6.45, 7) is 6.95. The summed E-state index contributed by atoms with van der Waals surface area (Å²) in [5.74, 6) is -0.845. The largest absolute Gasteiger partial charge is 0.377 e. The third-order valence-electron chi connectivity index (χ3n) is 7.30. The molecule has 196 valence electrons. The maximum absolute atomic E-state index is 15.0. The fourth-order valence-corrected chi connectivity index (χ4v) is 5.50. The number of hydrogen-bond donors (Lipinski definition) is 2. The number of benzene rings is 1. The smallest absolute Gasteiger partial charge is 0.274 e. The van der Waals surface area contributed by atoms with Crippen LogP contribution in [-0.2, 0) is 11.3 Å².